The van der Waals surface area contributed by atoms with Crippen LogP contribution in [0.4, 0.5) is 0 Å². The van der Waals surface area contributed by atoms with E-state index in [4.69, 9.17) is 47.4 Å². The molecular weight excluding hydrogens is 1550 g/mol. The first-order valence-corrected chi connectivity index (χ1v) is 37.8. The lowest BCUT2D eigenvalue weighted by Gasteiger charge is -2.33. The predicted molar refractivity (Wildman–Crippen MR) is 445 cm³/mol. The van der Waals surface area contributed by atoms with E-state index in [0.717, 1.165) is 11.6 Å². The summed E-state index contributed by atoms with van der Waals surface area (Å²) in [5.41, 5.74) is 5.44. The Hall–Kier alpha value is -14.2. The van der Waals surface area contributed by atoms with Gasteiger partial charge in [-0.25, -0.2) is 0 Å². The first kappa shape index (κ1) is 86.7. The van der Waals surface area contributed by atoms with Gasteiger partial charge in [0.1, 0.15) is 0 Å². The number of carbonyl (C=O) groups excluding carboxylic acids is 1. The minimum atomic E-state index is -1.46. The number of phenols is 10. The van der Waals surface area contributed by atoms with Crippen molar-refractivity contribution in [3.05, 3.63) is 241 Å². The molecule has 14 N–H and O–H groups in total. The molecule has 5 atom stereocenters. The summed E-state index contributed by atoms with van der Waals surface area (Å²) in [6.45, 7) is 1.28. The summed E-state index contributed by atoms with van der Waals surface area (Å²) in [7, 11) is 9.61. The summed E-state index contributed by atoms with van der Waals surface area (Å²) in [6.07, 6.45) is 11.7. The molecule has 11 rings (SSSR count). The molecule has 10 aromatic carbocycles. The fourth-order valence-electron chi connectivity index (χ4n) is 14.5. The first-order chi connectivity index (χ1) is 57.6. The average molecular weight is 1640 g/mol. The Morgan fingerprint density at radius 3 is 1.79 bits per heavy atom. The highest BCUT2D eigenvalue weighted by Crippen LogP contribution is 2.52. The molecule has 27 nitrogen and oxygen atoms in total. The lowest BCUT2D eigenvalue weighted by atomic mass is 9.76. The standard InChI is InChI=1S/C93H92O27/c1-49(46-94)28-54-32-66(90(107)78(39-54)115-6)67-33-56(47-95)40-81(117-8)92(67)118-27-26-53-29-59(88(105)77(37-53)114-5)16-12-52-30-62(43-61-31-55(41-82(100)101)35-71(99)86(61)103)89(106)80(38-52)120-73-23-15-50(36-76(73)113-4)10-9-11-58-42-63(45-79(116-7)87(58)104)85(102)60-18-24-72(119-48-60)64-20-25-74(111-2)91(108)84(64)83(57-17-22-69(97)75(44-57)112-3)65(93(109)110)19-13-51-14-21-68(96)70(98)34-51/h9-10,12-17,19-23,25-27,29-40,42,44-45,49,60,65,72,83,94-99,103-108H,11,18,24,28,41,43,46-48H2,1-8H3,(H,100,101)(H,109,110)/b10-9-,16-12+,19-13-,27-26+. The van der Waals surface area contributed by atoms with Crippen molar-refractivity contribution < 1.29 is 133 Å². The number of phenolic OH excluding ortho intramolecular Hbond substituents is 10. The van der Waals surface area contributed by atoms with Crippen molar-refractivity contribution in [2.24, 2.45) is 17.8 Å². The quantitative estimate of drug-likeness (QED) is 0.00759. The van der Waals surface area contributed by atoms with Crippen LogP contribution in [0.1, 0.15) is 120 Å². The second-order valence-electron chi connectivity index (χ2n) is 28.6. The van der Waals surface area contributed by atoms with Crippen LogP contribution in [0.2, 0.25) is 0 Å². The Kier molecular flexibility index (Phi) is 28.0. The maximum Gasteiger partial charge on any atom is 0.311 e. The largest absolute Gasteiger partial charge is 0.504 e. The zero-order valence-electron chi connectivity index (χ0n) is 66.7. The van der Waals surface area contributed by atoms with Crippen LogP contribution in [-0.2, 0) is 46.6 Å². The first-order valence-electron chi connectivity index (χ1n) is 37.8. The van der Waals surface area contributed by atoms with Gasteiger partial charge in [0.15, 0.2) is 121 Å². The molecule has 1 saturated heterocycles. The second-order valence-corrected chi connectivity index (χ2v) is 28.6. The normalized spacial score (nSPS) is 14.2. The number of benzene rings is 10. The summed E-state index contributed by atoms with van der Waals surface area (Å²) >= 11 is 0. The zero-order chi connectivity index (χ0) is 86.3. The van der Waals surface area contributed by atoms with Crippen molar-refractivity contribution in [3.8, 4) is 126 Å². The van der Waals surface area contributed by atoms with Gasteiger partial charge in [-0.2, -0.15) is 0 Å². The van der Waals surface area contributed by atoms with E-state index in [0.29, 0.717) is 62.1 Å². The van der Waals surface area contributed by atoms with Crippen LogP contribution < -0.4 is 42.6 Å². The number of ketones is 1. The summed E-state index contributed by atoms with van der Waals surface area (Å²) in [5, 5.41) is 153. The number of aromatic hydroxyl groups is 10. The number of allylic oxidation sites excluding steroid dienone is 1. The summed E-state index contributed by atoms with van der Waals surface area (Å²) < 4.78 is 58.7. The smallest absolute Gasteiger partial charge is 0.311 e. The van der Waals surface area contributed by atoms with Crippen molar-refractivity contribution >= 4 is 48.1 Å². The van der Waals surface area contributed by atoms with Gasteiger partial charge < -0.3 is 119 Å². The molecule has 0 aliphatic carbocycles. The van der Waals surface area contributed by atoms with E-state index in [9.17, 15) is 85.9 Å². The molecule has 0 aromatic heterocycles. The van der Waals surface area contributed by atoms with Crippen molar-refractivity contribution in [2.45, 2.75) is 64.1 Å². The number of methoxy groups -OCH3 is 7. The molecule has 10 aromatic rings. The molecule has 626 valence electrons. The highest BCUT2D eigenvalue weighted by Gasteiger charge is 2.39. The van der Waals surface area contributed by atoms with Crippen LogP contribution in [0.15, 0.2) is 158 Å². The summed E-state index contributed by atoms with van der Waals surface area (Å²) in [5.74, 6) is -9.35. The molecule has 120 heavy (non-hydrogen) atoms. The average Bonchev–Trinajstić information content (AvgIpc) is 0.751. The Bertz CT molecular complexity index is 5590. The van der Waals surface area contributed by atoms with Crippen LogP contribution >= 0.6 is 0 Å². The third kappa shape index (κ3) is 19.7. The van der Waals surface area contributed by atoms with Crippen LogP contribution in [0, 0.1) is 17.8 Å². The number of carbonyl (C=O) groups is 3. The van der Waals surface area contributed by atoms with E-state index in [-0.39, 0.29) is 177 Å². The number of aliphatic carboxylic acids is 2. The number of Topliss-reactive ketones (excluding diaryl/α,β-unsaturated/α-hetero) is 1. The number of hydrogen-bond donors (Lipinski definition) is 14. The molecule has 0 radical (unpaired) electrons. The molecule has 1 aliphatic rings. The molecule has 0 saturated carbocycles. The maximum atomic E-state index is 14.7. The number of aliphatic hydroxyl groups excluding tert-OH is 2. The van der Waals surface area contributed by atoms with Crippen molar-refractivity contribution in [2.75, 3.05) is 63.0 Å². The molecule has 0 spiro atoms. The van der Waals surface area contributed by atoms with Gasteiger partial charge in [0.25, 0.3) is 0 Å². The summed E-state index contributed by atoms with van der Waals surface area (Å²) in [4.78, 5) is 40.0. The van der Waals surface area contributed by atoms with Crippen molar-refractivity contribution in [3.63, 3.8) is 0 Å². The van der Waals surface area contributed by atoms with Crippen molar-refractivity contribution in [1.82, 2.24) is 0 Å². The predicted octanol–water partition coefficient (Wildman–Crippen LogP) is 15.5. The molecule has 0 amide bonds. The Labute approximate surface area is 690 Å². The SMILES string of the molecule is COc1cc(C(c2c(C3CCC(C(=O)c4cc(C/C=C\c5ccc(Oc6cc(/C=C/c7cc(/C=C/Oc8c(OC)cc(CO)cc8-c8cc(CC(C)CO)cc(OC)c8O)cc(OC)c7O)cc(Cc7cc(CC(=O)O)cc(O)c7O)c6O)c(OC)c5)c(O)c(OC)c4)CO3)ccc(OC)c2O)C(/C=C\c2ccc(O)c(O)c2)C(=O)O)ccc1O. The van der Waals surface area contributed by atoms with E-state index >= 15 is 0 Å². The highest BCUT2D eigenvalue weighted by molar-refractivity contribution is 5.99. The third-order valence-electron chi connectivity index (χ3n) is 20.6. The molecule has 5 unspecified atom stereocenters. The van der Waals surface area contributed by atoms with Gasteiger partial charge in [-0.1, -0.05) is 73.7 Å². The Morgan fingerprint density at radius 1 is 0.483 bits per heavy atom. The molecule has 0 bridgehead atoms. The number of aliphatic hydroxyl groups is 2. The molecule has 1 aliphatic heterocycles. The number of ether oxygens (including phenoxy) is 10. The highest BCUT2D eigenvalue weighted by atomic mass is 16.5. The van der Waals surface area contributed by atoms with Gasteiger partial charge >= 0.3 is 11.9 Å². The minimum absolute atomic E-state index is 0.0126. The van der Waals surface area contributed by atoms with Crippen LogP contribution in [0.5, 0.6) is 115 Å². The number of hydrogen-bond acceptors (Lipinski definition) is 25. The Balaban J connectivity index is 0.848. The lowest BCUT2D eigenvalue weighted by molar-refractivity contribution is -0.140. The van der Waals surface area contributed by atoms with Crippen LogP contribution in [-0.4, -0.2) is 152 Å². The third-order valence-corrected chi connectivity index (χ3v) is 20.6. The van der Waals surface area contributed by atoms with E-state index in [1.807, 2.05) is 6.92 Å². The van der Waals surface area contributed by atoms with E-state index in [2.05, 4.69) is 0 Å². The fraction of sp³-hybridized carbons (Fsp3) is 0.237. The minimum Gasteiger partial charge on any atom is -0.504 e. The maximum absolute atomic E-state index is 14.7. The van der Waals surface area contributed by atoms with Gasteiger partial charge in [0.2, 0.25) is 0 Å². The zero-order valence-corrected chi connectivity index (χ0v) is 66.7. The van der Waals surface area contributed by atoms with Crippen LogP contribution in [0.3, 0.4) is 0 Å². The monoisotopic (exact) mass is 1640 g/mol. The van der Waals surface area contributed by atoms with E-state index < -0.39 is 71.0 Å². The van der Waals surface area contributed by atoms with Gasteiger partial charge in [0.05, 0.1) is 87.7 Å². The topological polar surface area (TPSA) is 427 Å². The summed E-state index contributed by atoms with van der Waals surface area (Å²) in [6, 6.07) is 34.7. The molecule has 1 heterocycles. The van der Waals surface area contributed by atoms with E-state index in [1.54, 1.807) is 103 Å². The molecular formula is C93H92O27. The second kappa shape index (κ2) is 38.7. The van der Waals surface area contributed by atoms with Crippen molar-refractivity contribution in [1.29, 1.82) is 0 Å². The van der Waals surface area contributed by atoms with E-state index in [1.165, 1.54) is 129 Å². The lowest BCUT2D eigenvalue weighted by Crippen LogP contribution is -2.29. The number of carboxylic acid groups (broad SMARTS) is 2. The van der Waals surface area contributed by atoms with Gasteiger partial charge in [0, 0.05) is 69.4 Å². The van der Waals surface area contributed by atoms with Gasteiger partial charge in [-0.05, 0) is 197 Å². The molecule has 1 fully saturated rings. The van der Waals surface area contributed by atoms with Crippen LogP contribution in [0.25, 0.3) is 41.5 Å². The number of rotatable bonds is 35. The number of carboxylic acids is 2. The molecule has 27 heteroatoms. The van der Waals surface area contributed by atoms with Gasteiger partial charge in [-0.15, -0.1) is 0 Å². The Morgan fingerprint density at radius 2 is 1.12 bits per heavy atom. The fourth-order valence-corrected chi connectivity index (χ4v) is 14.5. The van der Waals surface area contributed by atoms with Gasteiger partial charge in [-0.3, -0.25) is 14.4 Å².